The Morgan fingerprint density at radius 2 is 1.50 bits per heavy atom. The van der Waals surface area contributed by atoms with E-state index >= 15 is 0 Å². The lowest BCUT2D eigenvalue weighted by atomic mass is 10.0. The molecule has 164 valence electrons. The van der Waals surface area contributed by atoms with Crippen LogP contribution in [-0.2, 0) is 6.18 Å². The number of aromatic nitrogens is 2. The molecule has 0 spiro atoms. The molecule has 5 nitrogen and oxygen atoms in total. The van der Waals surface area contributed by atoms with E-state index in [1.807, 2.05) is 0 Å². The molecular weight excluding hydrogens is 433 g/mol. The topological polar surface area (TPSA) is 77.6 Å². The molecule has 1 aromatic carbocycles. The highest BCUT2D eigenvalue weighted by Crippen LogP contribution is 2.34. The number of rotatable bonds is 4. The van der Waals surface area contributed by atoms with E-state index in [0.717, 1.165) is 24.3 Å². The van der Waals surface area contributed by atoms with E-state index in [-0.39, 0.29) is 10.2 Å². The first-order valence-corrected chi connectivity index (χ1v) is 7.89. The number of nitrogens with zero attached hydrogens (tertiary/aromatic N) is 2. The number of hydrogen-bond donors (Lipinski definition) is 3. The molecule has 0 aliphatic heterocycles. The Morgan fingerprint density at radius 3 is 1.97 bits per heavy atom. The van der Waals surface area contributed by atoms with Gasteiger partial charge in [0.25, 0.3) is 0 Å². The molecule has 30 heavy (non-hydrogen) atoms. The van der Waals surface area contributed by atoms with Gasteiger partial charge < -0.3 is 5.32 Å². The lowest BCUT2D eigenvalue weighted by Gasteiger charge is -2.22. The van der Waals surface area contributed by atoms with Crippen LogP contribution in [0.2, 0.25) is 0 Å². The van der Waals surface area contributed by atoms with Crippen molar-refractivity contribution in [1.29, 1.82) is 10.8 Å². The van der Waals surface area contributed by atoms with Crippen molar-refractivity contribution in [2.45, 2.75) is 31.0 Å². The van der Waals surface area contributed by atoms with Crippen LogP contribution < -0.4 is 10.8 Å². The molecule has 0 amide bonds. The van der Waals surface area contributed by atoms with E-state index in [1.54, 1.807) is 0 Å². The summed E-state index contributed by atoms with van der Waals surface area (Å²) in [5.41, 5.74) is -2.18. The monoisotopic (exact) mass is 445 g/mol. The summed E-state index contributed by atoms with van der Waals surface area (Å²) >= 11 is 0. The molecule has 0 saturated carbocycles. The Morgan fingerprint density at radius 1 is 0.933 bits per heavy atom. The van der Waals surface area contributed by atoms with Crippen molar-refractivity contribution < 1.29 is 39.5 Å². The van der Waals surface area contributed by atoms with E-state index in [1.165, 1.54) is 0 Å². The summed E-state index contributed by atoms with van der Waals surface area (Å²) in [7, 11) is 0. The maximum absolute atomic E-state index is 12.9. The summed E-state index contributed by atoms with van der Waals surface area (Å²) in [6, 6.07) is 2.74. The Bertz CT molecular complexity index is 955. The van der Waals surface area contributed by atoms with Crippen molar-refractivity contribution in [1.82, 2.24) is 9.78 Å². The van der Waals surface area contributed by atoms with Gasteiger partial charge in [-0.15, -0.1) is 5.10 Å². The third-order valence-corrected chi connectivity index (χ3v) is 3.71. The van der Waals surface area contributed by atoms with Crippen molar-refractivity contribution in [2.24, 2.45) is 0 Å². The first-order chi connectivity index (χ1) is 13.6. The van der Waals surface area contributed by atoms with Gasteiger partial charge in [-0.3, -0.25) is 10.8 Å². The third-order valence-electron chi connectivity index (χ3n) is 3.71. The summed E-state index contributed by atoms with van der Waals surface area (Å²) in [6.45, 7) is 0. The molecule has 1 heterocycles. The summed E-state index contributed by atoms with van der Waals surface area (Å²) in [6.07, 6.45) is -16.2. The van der Waals surface area contributed by atoms with Crippen LogP contribution in [0.25, 0.3) is 0 Å². The van der Waals surface area contributed by atoms with Crippen LogP contribution in [0.1, 0.15) is 23.6 Å². The Hall–Kier alpha value is -3.06. The van der Waals surface area contributed by atoms with Crippen LogP contribution in [0.5, 0.6) is 0 Å². The zero-order valence-corrected chi connectivity index (χ0v) is 14.5. The number of halogens is 9. The molecule has 0 bridgehead atoms. The Balaban J connectivity index is 2.40. The van der Waals surface area contributed by atoms with Gasteiger partial charge in [-0.2, -0.15) is 44.2 Å². The minimum Gasteiger partial charge on any atom is -0.361 e. The van der Waals surface area contributed by atoms with Gasteiger partial charge in [0.1, 0.15) is 11.3 Å². The molecule has 1 aromatic heterocycles. The second-order valence-corrected chi connectivity index (χ2v) is 6.00. The summed E-state index contributed by atoms with van der Waals surface area (Å²) in [5.74, 6) is -2.59. The predicted octanol–water partition coefficient (Wildman–Crippen LogP) is 4.87. The summed E-state index contributed by atoms with van der Waals surface area (Å²) in [4.78, 5) is 0. The van der Waals surface area contributed by atoms with Gasteiger partial charge in [-0.05, 0) is 29.8 Å². The minimum atomic E-state index is -5.18. The molecule has 0 aliphatic carbocycles. The van der Waals surface area contributed by atoms with Gasteiger partial charge in [-0.25, -0.2) is 0 Å². The van der Waals surface area contributed by atoms with Gasteiger partial charge >= 0.3 is 18.5 Å². The molecular formula is C16H12F9N5. The molecule has 14 heteroatoms. The van der Waals surface area contributed by atoms with Crippen LogP contribution in [0.4, 0.5) is 45.3 Å². The number of benzene rings is 1. The smallest absolute Gasteiger partial charge is 0.361 e. The molecule has 2 rings (SSSR count). The zero-order chi connectivity index (χ0) is 22.9. The molecule has 0 fully saturated rings. The number of anilines is 1. The fraction of sp³-hybridized carbons (Fsp3) is 0.312. The molecule has 1 atom stereocenters. The van der Waals surface area contributed by atoms with E-state index in [0.29, 0.717) is 12.1 Å². The van der Waals surface area contributed by atoms with Crippen LogP contribution in [0.3, 0.4) is 0 Å². The van der Waals surface area contributed by atoms with Gasteiger partial charge in [0.15, 0.2) is 0 Å². The lowest BCUT2D eigenvalue weighted by molar-refractivity contribution is -0.139. The quantitative estimate of drug-likeness (QED) is 0.357. The lowest BCUT2D eigenvalue weighted by Crippen LogP contribution is -2.38. The van der Waals surface area contributed by atoms with Gasteiger partial charge in [0.2, 0.25) is 5.84 Å². The van der Waals surface area contributed by atoms with Crippen molar-refractivity contribution in [3.05, 3.63) is 53.0 Å². The molecule has 1 unspecified atom stereocenters. The van der Waals surface area contributed by atoms with Gasteiger partial charge in [0.05, 0.1) is 18.0 Å². The van der Waals surface area contributed by atoms with Gasteiger partial charge in [-0.1, -0.05) is 12.1 Å². The number of alkyl halides is 9. The number of hydrogen-bond acceptors (Lipinski definition) is 4. The standard InChI is InChI=1S/C16H12F9N5/c17-14(18,19)7-10(8-1-3-9(4-2-8)15(20,21)22)28-12-6-5-11(26)30(29-12)13(27)16(23,24)25/h1-6,10,26-27H,7H2,(H,28,29). The van der Waals surface area contributed by atoms with Crippen LogP contribution in [0.15, 0.2) is 36.4 Å². The van der Waals surface area contributed by atoms with E-state index in [9.17, 15) is 39.5 Å². The fourth-order valence-corrected chi connectivity index (χ4v) is 2.36. The maximum Gasteiger partial charge on any atom is 0.451 e. The van der Waals surface area contributed by atoms with Crippen molar-refractivity contribution in [3.63, 3.8) is 0 Å². The first-order valence-electron chi connectivity index (χ1n) is 7.89. The summed E-state index contributed by atoms with van der Waals surface area (Å²) < 4.78 is 115. The van der Waals surface area contributed by atoms with Crippen molar-refractivity contribution >= 4 is 11.7 Å². The maximum atomic E-state index is 12.9. The average molecular weight is 445 g/mol. The molecule has 0 radical (unpaired) electrons. The Labute approximate surface area is 162 Å². The SMILES string of the molecule is N=C(n1nc(NC(CC(F)(F)F)c2ccc(C(F)(F)F)cc2)ccc1=N)C(F)(F)F. The van der Waals surface area contributed by atoms with Gasteiger partial charge in [0, 0.05) is 0 Å². The normalized spacial score (nSPS) is 13.8. The highest BCUT2D eigenvalue weighted by molar-refractivity contribution is 5.85. The summed E-state index contributed by atoms with van der Waals surface area (Å²) in [5, 5.41) is 19.9. The predicted molar refractivity (Wildman–Crippen MR) is 85.7 cm³/mol. The third kappa shape index (κ3) is 5.97. The van der Waals surface area contributed by atoms with Crippen LogP contribution in [-0.4, -0.2) is 28.0 Å². The second kappa shape index (κ2) is 7.99. The van der Waals surface area contributed by atoms with Crippen LogP contribution in [0, 0.1) is 10.8 Å². The fourth-order valence-electron chi connectivity index (χ4n) is 2.36. The molecule has 0 saturated heterocycles. The van der Waals surface area contributed by atoms with E-state index in [2.05, 4.69) is 10.4 Å². The van der Waals surface area contributed by atoms with Crippen molar-refractivity contribution in [2.75, 3.05) is 5.32 Å². The largest absolute Gasteiger partial charge is 0.451 e. The van der Waals surface area contributed by atoms with Crippen LogP contribution >= 0.6 is 0 Å². The zero-order valence-electron chi connectivity index (χ0n) is 14.5. The second-order valence-electron chi connectivity index (χ2n) is 6.00. The highest BCUT2D eigenvalue weighted by atomic mass is 19.4. The van der Waals surface area contributed by atoms with E-state index in [4.69, 9.17) is 10.8 Å². The van der Waals surface area contributed by atoms with E-state index < -0.39 is 53.7 Å². The molecule has 0 aliphatic rings. The van der Waals surface area contributed by atoms with Crippen molar-refractivity contribution in [3.8, 4) is 0 Å². The minimum absolute atomic E-state index is 0.139. The number of nitrogens with one attached hydrogen (secondary N) is 3. The Kier molecular flexibility index (Phi) is 6.18. The first kappa shape index (κ1) is 23.2. The molecule has 2 aromatic rings. The highest BCUT2D eigenvalue weighted by Gasteiger charge is 2.37. The average Bonchev–Trinajstić information content (AvgIpc) is 2.59. The molecule has 3 N–H and O–H groups in total.